The van der Waals surface area contributed by atoms with Crippen molar-refractivity contribution in [2.75, 3.05) is 7.11 Å². The first kappa shape index (κ1) is 21.8. The van der Waals surface area contributed by atoms with E-state index in [-0.39, 0.29) is 44.6 Å². The molecule has 0 aliphatic heterocycles. The van der Waals surface area contributed by atoms with Crippen molar-refractivity contribution in [3.05, 3.63) is 109 Å². The average molecular weight is 521 g/mol. The molecule has 0 fully saturated rings. The lowest BCUT2D eigenvalue weighted by Crippen LogP contribution is -2.21. The Labute approximate surface area is 200 Å². The van der Waals surface area contributed by atoms with Gasteiger partial charge in [0.15, 0.2) is 0 Å². The van der Waals surface area contributed by atoms with Crippen LogP contribution in [0.3, 0.4) is 0 Å². The standard InChI is InChI=1S/C26H17BrO7/c1-32-17-11-10-13(27)12-16(17)20(21-23(28)14-6-2-4-8-18(14)33-25(21)30)22-24(29)15-7-3-5-9-19(15)34-26(22)31/h2-12,20,28-29H,1H3. The first-order chi connectivity index (χ1) is 16.4. The van der Waals surface area contributed by atoms with Crippen LogP contribution in [0.1, 0.15) is 22.6 Å². The first-order valence-electron chi connectivity index (χ1n) is 10.2. The van der Waals surface area contributed by atoms with Crippen LogP contribution in [0.25, 0.3) is 21.9 Å². The van der Waals surface area contributed by atoms with Crippen molar-refractivity contribution in [1.29, 1.82) is 0 Å². The van der Waals surface area contributed by atoms with Gasteiger partial charge >= 0.3 is 11.3 Å². The zero-order chi connectivity index (χ0) is 24.0. The molecule has 8 heteroatoms. The molecule has 0 bridgehead atoms. The summed E-state index contributed by atoms with van der Waals surface area (Å²) >= 11 is 3.41. The predicted molar refractivity (Wildman–Crippen MR) is 130 cm³/mol. The number of hydrogen-bond donors (Lipinski definition) is 2. The van der Waals surface area contributed by atoms with Crippen molar-refractivity contribution in [1.82, 2.24) is 0 Å². The van der Waals surface area contributed by atoms with Crippen molar-refractivity contribution < 1.29 is 23.8 Å². The number of hydrogen-bond acceptors (Lipinski definition) is 7. The van der Waals surface area contributed by atoms with Crippen molar-refractivity contribution in [2.45, 2.75) is 5.92 Å². The second-order valence-corrected chi connectivity index (χ2v) is 8.53. The van der Waals surface area contributed by atoms with Gasteiger partial charge in [0.05, 0.1) is 34.9 Å². The Morgan fingerprint density at radius 1 is 0.794 bits per heavy atom. The van der Waals surface area contributed by atoms with E-state index >= 15 is 0 Å². The van der Waals surface area contributed by atoms with E-state index in [0.29, 0.717) is 15.8 Å². The number of halogens is 1. The summed E-state index contributed by atoms with van der Waals surface area (Å²) in [5.74, 6) is -1.68. The van der Waals surface area contributed by atoms with Gasteiger partial charge < -0.3 is 23.8 Å². The molecule has 0 saturated heterocycles. The molecule has 34 heavy (non-hydrogen) atoms. The summed E-state index contributed by atoms with van der Waals surface area (Å²) < 4.78 is 17.1. The lowest BCUT2D eigenvalue weighted by atomic mass is 9.84. The van der Waals surface area contributed by atoms with Gasteiger partial charge in [0.2, 0.25) is 0 Å². The highest BCUT2D eigenvalue weighted by Crippen LogP contribution is 2.45. The summed E-state index contributed by atoms with van der Waals surface area (Å²) in [5.41, 5.74) is -1.48. The van der Waals surface area contributed by atoms with Crippen molar-refractivity contribution in [3.63, 3.8) is 0 Å². The molecule has 3 aromatic carbocycles. The van der Waals surface area contributed by atoms with E-state index in [9.17, 15) is 19.8 Å². The smallest absolute Gasteiger partial charge is 0.344 e. The van der Waals surface area contributed by atoms with Crippen LogP contribution in [0.5, 0.6) is 17.2 Å². The summed E-state index contributed by atoms with van der Waals surface area (Å²) in [6.45, 7) is 0. The Morgan fingerprint density at radius 3 is 1.79 bits per heavy atom. The van der Waals surface area contributed by atoms with Crippen LogP contribution in [0.15, 0.2) is 89.6 Å². The van der Waals surface area contributed by atoms with Crippen LogP contribution in [0, 0.1) is 0 Å². The highest BCUT2D eigenvalue weighted by molar-refractivity contribution is 9.10. The molecule has 0 unspecified atom stereocenters. The summed E-state index contributed by atoms with van der Waals surface area (Å²) in [6, 6.07) is 18.0. The summed E-state index contributed by atoms with van der Waals surface area (Å²) in [6.07, 6.45) is 0. The Hall–Kier alpha value is -4.04. The molecular weight excluding hydrogens is 504 g/mol. The summed E-state index contributed by atoms with van der Waals surface area (Å²) in [4.78, 5) is 26.4. The van der Waals surface area contributed by atoms with Gasteiger partial charge in [0.25, 0.3) is 0 Å². The topological polar surface area (TPSA) is 110 Å². The second-order valence-electron chi connectivity index (χ2n) is 7.62. The van der Waals surface area contributed by atoms with Gasteiger partial charge in [-0.15, -0.1) is 0 Å². The molecule has 0 aliphatic rings. The number of fused-ring (bicyclic) bond motifs is 2. The number of ether oxygens (including phenoxy) is 1. The fraction of sp³-hybridized carbons (Fsp3) is 0.0769. The van der Waals surface area contributed by atoms with Crippen molar-refractivity contribution >= 4 is 37.9 Å². The maximum atomic E-state index is 13.2. The van der Waals surface area contributed by atoms with E-state index in [4.69, 9.17) is 13.6 Å². The fourth-order valence-corrected chi connectivity index (χ4v) is 4.57. The zero-order valence-electron chi connectivity index (χ0n) is 17.7. The molecule has 0 aliphatic carbocycles. The molecule has 0 amide bonds. The largest absolute Gasteiger partial charge is 0.507 e. The van der Waals surface area contributed by atoms with Crippen LogP contribution >= 0.6 is 15.9 Å². The molecule has 2 N–H and O–H groups in total. The zero-order valence-corrected chi connectivity index (χ0v) is 19.3. The molecule has 0 saturated carbocycles. The minimum Gasteiger partial charge on any atom is -0.507 e. The molecule has 0 atom stereocenters. The summed E-state index contributed by atoms with van der Waals surface area (Å²) in [7, 11) is 1.44. The summed E-state index contributed by atoms with van der Waals surface area (Å²) in [5, 5.41) is 23.0. The number of benzene rings is 3. The van der Waals surface area contributed by atoms with Crippen molar-refractivity contribution in [3.8, 4) is 17.2 Å². The highest BCUT2D eigenvalue weighted by atomic mass is 79.9. The molecule has 2 heterocycles. The van der Waals surface area contributed by atoms with Gasteiger partial charge in [-0.2, -0.15) is 0 Å². The van der Waals surface area contributed by atoms with E-state index in [2.05, 4.69) is 15.9 Å². The maximum absolute atomic E-state index is 13.2. The maximum Gasteiger partial charge on any atom is 0.344 e. The molecule has 5 rings (SSSR count). The Kier molecular flexibility index (Phi) is 5.37. The third kappa shape index (κ3) is 3.43. The molecule has 170 valence electrons. The lowest BCUT2D eigenvalue weighted by molar-refractivity contribution is 0.404. The molecular formula is C26H17BrO7. The van der Waals surface area contributed by atoms with Crippen LogP contribution in [-0.4, -0.2) is 17.3 Å². The fourth-order valence-electron chi connectivity index (χ4n) is 4.19. The van der Waals surface area contributed by atoms with Gasteiger partial charge in [0, 0.05) is 10.0 Å². The quantitative estimate of drug-likeness (QED) is 0.311. The van der Waals surface area contributed by atoms with Crippen LogP contribution in [-0.2, 0) is 0 Å². The molecule has 0 radical (unpaired) electrons. The number of methoxy groups -OCH3 is 1. The minimum atomic E-state index is -1.27. The number of aromatic hydroxyl groups is 2. The predicted octanol–water partition coefficient (Wildman–Crippen LogP) is 5.26. The monoisotopic (exact) mass is 520 g/mol. The third-order valence-corrected chi connectivity index (χ3v) is 6.21. The highest BCUT2D eigenvalue weighted by Gasteiger charge is 2.34. The SMILES string of the molecule is COc1ccc(Br)cc1C(c1c(O)c2ccccc2oc1=O)c1c(O)c2ccccc2oc1=O. The number of rotatable bonds is 4. The van der Waals surface area contributed by atoms with E-state index < -0.39 is 17.2 Å². The lowest BCUT2D eigenvalue weighted by Gasteiger charge is -2.21. The van der Waals surface area contributed by atoms with Gasteiger partial charge in [-0.3, -0.25) is 0 Å². The normalized spacial score (nSPS) is 11.4. The molecule has 5 aromatic rings. The first-order valence-corrected chi connectivity index (χ1v) is 11.0. The molecule has 0 spiro atoms. The second kappa shape index (κ2) is 8.39. The van der Waals surface area contributed by atoms with Gasteiger partial charge in [-0.1, -0.05) is 40.2 Å². The van der Waals surface area contributed by atoms with Crippen LogP contribution < -0.4 is 16.0 Å². The van der Waals surface area contributed by atoms with Gasteiger partial charge in [-0.05, 0) is 42.5 Å². The number of para-hydroxylation sites is 2. The minimum absolute atomic E-state index is 0.184. The van der Waals surface area contributed by atoms with E-state index in [1.807, 2.05) is 0 Å². The van der Waals surface area contributed by atoms with Gasteiger partial charge in [0.1, 0.15) is 28.4 Å². The van der Waals surface area contributed by atoms with Crippen molar-refractivity contribution in [2.24, 2.45) is 0 Å². The van der Waals surface area contributed by atoms with Crippen LogP contribution in [0.2, 0.25) is 0 Å². The Bertz CT molecular complexity index is 1580. The Balaban J connectivity index is 1.96. The van der Waals surface area contributed by atoms with E-state index in [1.54, 1.807) is 66.7 Å². The van der Waals surface area contributed by atoms with Crippen LogP contribution in [0.4, 0.5) is 0 Å². The molecule has 2 aromatic heterocycles. The average Bonchev–Trinajstić information content (AvgIpc) is 2.83. The molecule has 7 nitrogen and oxygen atoms in total. The van der Waals surface area contributed by atoms with Gasteiger partial charge in [-0.25, -0.2) is 9.59 Å². The van der Waals surface area contributed by atoms with E-state index in [0.717, 1.165) is 0 Å². The Morgan fingerprint density at radius 2 is 1.29 bits per heavy atom. The van der Waals surface area contributed by atoms with E-state index in [1.165, 1.54) is 7.11 Å². The third-order valence-electron chi connectivity index (χ3n) is 5.72.